The van der Waals surface area contributed by atoms with Gasteiger partial charge in [0, 0.05) is 18.0 Å². The Hall–Kier alpha value is -3.59. The van der Waals surface area contributed by atoms with Crippen LogP contribution in [0.2, 0.25) is 0 Å². The summed E-state index contributed by atoms with van der Waals surface area (Å²) in [7, 11) is 1.50. The first-order valence-corrected chi connectivity index (χ1v) is 9.50. The first kappa shape index (κ1) is 20.2. The van der Waals surface area contributed by atoms with Crippen molar-refractivity contribution in [2.45, 2.75) is 26.2 Å². The summed E-state index contributed by atoms with van der Waals surface area (Å²) in [6.07, 6.45) is 2.57. The summed E-state index contributed by atoms with van der Waals surface area (Å²) in [4.78, 5) is 28.3. The van der Waals surface area contributed by atoms with Gasteiger partial charge in [-0.05, 0) is 47.2 Å². The zero-order valence-corrected chi connectivity index (χ0v) is 16.8. The maximum Gasteiger partial charge on any atom is 0.265 e. The largest absolute Gasteiger partial charge is 0.364 e. The molecule has 1 unspecified atom stereocenters. The molecule has 0 saturated carbocycles. The van der Waals surface area contributed by atoms with Crippen LogP contribution in [0.25, 0.3) is 22.0 Å². The Bertz CT molecular complexity index is 1110. The Kier molecular flexibility index (Phi) is 5.69. The number of nitriles is 1. The summed E-state index contributed by atoms with van der Waals surface area (Å²) >= 11 is 0. The van der Waals surface area contributed by atoms with Crippen LogP contribution in [0.1, 0.15) is 42.2 Å². The molecule has 0 fully saturated rings. The van der Waals surface area contributed by atoms with E-state index in [-0.39, 0.29) is 11.8 Å². The molecule has 0 aliphatic rings. The number of rotatable bonds is 6. The number of nitrogens with two attached hydrogens (primary N) is 1. The Morgan fingerprint density at radius 1 is 1.14 bits per heavy atom. The monoisotopic (exact) mass is 388 g/mol. The summed E-state index contributed by atoms with van der Waals surface area (Å²) in [5, 5.41) is 10.0. The van der Waals surface area contributed by atoms with Crippen LogP contribution >= 0.6 is 0 Å². The molecule has 0 saturated heterocycles. The molecule has 148 valence electrons. The van der Waals surface area contributed by atoms with E-state index >= 15 is 0 Å². The number of amides is 2. The maximum atomic E-state index is 12.8. The van der Waals surface area contributed by atoms with Gasteiger partial charge < -0.3 is 10.7 Å². The van der Waals surface area contributed by atoms with E-state index in [0.29, 0.717) is 18.0 Å². The third kappa shape index (κ3) is 4.30. The van der Waals surface area contributed by atoms with Gasteiger partial charge >= 0.3 is 0 Å². The van der Waals surface area contributed by atoms with E-state index in [1.165, 1.54) is 7.05 Å². The van der Waals surface area contributed by atoms with Gasteiger partial charge in [-0.1, -0.05) is 44.2 Å². The van der Waals surface area contributed by atoms with E-state index < -0.39 is 5.91 Å². The van der Waals surface area contributed by atoms with Gasteiger partial charge in [0.15, 0.2) is 6.19 Å². The second-order valence-electron chi connectivity index (χ2n) is 7.65. The molecule has 0 aliphatic carbocycles. The van der Waals surface area contributed by atoms with Gasteiger partial charge in [0.05, 0.1) is 5.92 Å². The van der Waals surface area contributed by atoms with Crippen LogP contribution in [-0.4, -0.2) is 28.7 Å². The molecule has 2 amide bonds. The molecule has 0 spiro atoms. The highest BCUT2D eigenvalue weighted by Gasteiger charge is 2.25. The van der Waals surface area contributed by atoms with Crippen molar-refractivity contribution >= 4 is 22.7 Å². The number of nitrogens with zero attached hydrogens (tertiary/aromatic N) is 2. The lowest BCUT2D eigenvalue weighted by molar-refractivity contribution is -0.129. The van der Waals surface area contributed by atoms with Gasteiger partial charge in [0.25, 0.3) is 5.91 Å². The highest BCUT2D eigenvalue weighted by Crippen LogP contribution is 2.31. The van der Waals surface area contributed by atoms with Gasteiger partial charge in [0.1, 0.15) is 5.69 Å². The van der Waals surface area contributed by atoms with Crippen LogP contribution in [0.5, 0.6) is 0 Å². The van der Waals surface area contributed by atoms with Crippen LogP contribution in [0.3, 0.4) is 0 Å². The molecule has 6 nitrogen and oxygen atoms in total. The van der Waals surface area contributed by atoms with Crippen molar-refractivity contribution < 1.29 is 9.59 Å². The summed E-state index contributed by atoms with van der Waals surface area (Å²) in [5.74, 6) is -0.771. The third-order valence-corrected chi connectivity index (χ3v) is 4.99. The van der Waals surface area contributed by atoms with Crippen molar-refractivity contribution in [3.8, 4) is 17.3 Å². The van der Waals surface area contributed by atoms with Gasteiger partial charge in [-0.2, -0.15) is 5.26 Å². The standard InChI is InChI=1S/C23H24N4O2/c1-14(2)9-19(23(29)27(3)13-24)17-6-4-5-15(10-17)16-7-8-20-18(11-16)12-21(26-20)22(25)28/h4-8,10-12,14,19,26H,9H2,1-3H3,(H2,25,28). The predicted octanol–water partition coefficient (Wildman–Crippen LogP) is 4.00. The number of carbonyl (C=O) groups is 2. The number of aromatic nitrogens is 1. The first-order valence-electron chi connectivity index (χ1n) is 9.50. The molecule has 1 heterocycles. The molecule has 29 heavy (non-hydrogen) atoms. The number of benzene rings is 2. The molecule has 1 aromatic heterocycles. The Balaban J connectivity index is 2.01. The molecule has 3 rings (SSSR count). The molecule has 0 radical (unpaired) electrons. The van der Waals surface area contributed by atoms with E-state index in [2.05, 4.69) is 18.8 Å². The van der Waals surface area contributed by atoms with E-state index in [4.69, 9.17) is 11.0 Å². The fraction of sp³-hybridized carbons (Fsp3) is 0.261. The molecule has 6 heteroatoms. The molecule has 3 aromatic rings. The van der Waals surface area contributed by atoms with E-state index in [9.17, 15) is 9.59 Å². The average Bonchev–Trinajstić information content (AvgIpc) is 3.14. The Morgan fingerprint density at radius 3 is 2.52 bits per heavy atom. The van der Waals surface area contributed by atoms with Crippen molar-refractivity contribution in [3.05, 3.63) is 59.8 Å². The summed E-state index contributed by atoms with van der Waals surface area (Å²) in [5.41, 5.74) is 9.38. The number of hydrogen-bond donors (Lipinski definition) is 2. The second kappa shape index (κ2) is 8.19. The fourth-order valence-corrected chi connectivity index (χ4v) is 3.51. The summed E-state index contributed by atoms with van der Waals surface area (Å²) < 4.78 is 0. The first-order chi connectivity index (χ1) is 13.8. The number of primary amides is 1. The lowest BCUT2D eigenvalue weighted by Gasteiger charge is -2.21. The fourth-order valence-electron chi connectivity index (χ4n) is 3.51. The molecule has 0 bridgehead atoms. The smallest absolute Gasteiger partial charge is 0.265 e. The van der Waals surface area contributed by atoms with Crippen LogP contribution in [-0.2, 0) is 4.79 Å². The number of hydrogen-bond acceptors (Lipinski definition) is 3. The van der Waals surface area contributed by atoms with Crippen LogP contribution in [0, 0.1) is 17.4 Å². The minimum atomic E-state index is -0.499. The normalized spacial score (nSPS) is 12.0. The minimum Gasteiger partial charge on any atom is -0.364 e. The van der Waals surface area contributed by atoms with Gasteiger partial charge in [-0.15, -0.1) is 0 Å². The number of nitrogens with one attached hydrogen (secondary N) is 1. The van der Waals surface area contributed by atoms with Gasteiger partial charge in [-0.25, -0.2) is 0 Å². The maximum absolute atomic E-state index is 12.8. The van der Waals surface area contributed by atoms with Gasteiger partial charge in [-0.3, -0.25) is 14.5 Å². The number of aromatic amines is 1. The van der Waals surface area contributed by atoms with Gasteiger partial charge in [0.2, 0.25) is 5.91 Å². The minimum absolute atomic E-state index is 0.203. The number of likely N-dealkylation sites (N-methyl/N-ethyl adjacent to an activating group) is 1. The van der Waals surface area contributed by atoms with Crippen molar-refractivity contribution in [1.29, 1.82) is 5.26 Å². The number of carbonyl (C=O) groups excluding carboxylic acids is 2. The van der Waals surface area contributed by atoms with Crippen molar-refractivity contribution in [2.24, 2.45) is 11.7 Å². The molecule has 1 atom stereocenters. The lowest BCUT2D eigenvalue weighted by Crippen LogP contribution is -2.28. The molecule has 2 aromatic carbocycles. The highest BCUT2D eigenvalue weighted by molar-refractivity contribution is 5.98. The highest BCUT2D eigenvalue weighted by atomic mass is 16.2. The van der Waals surface area contributed by atoms with Crippen LogP contribution in [0.15, 0.2) is 48.5 Å². The molecular formula is C23H24N4O2. The average molecular weight is 388 g/mol. The topological polar surface area (TPSA) is 103 Å². The molecule has 3 N–H and O–H groups in total. The number of H-pyrrole nitrogens is 1. The molecular weight excluding hydrogens is 364 g/mol. The van der Waals surface area contributed by atoms with Crippen molar-refractivity contribution in [2.75, 3.05) is 7.05 Å². The lowest BCUT2D eigenvalue weighted by atomic mass is 9.87. The van der Waals surface area contributed by atoms with E-state index in [0.717, 1.165) is 32.5 Å². The molecule has 0 aliphatic heterocycles. The third-order valence-electron chi connectivity index (χ3n) is 4.99. The van der Waals surface area contributed by atoms with Crippen LogP contribution < -0.4 is 5.73 Å². The van der Waals surface area contributed by atoms with E-state index in [1.807, 2.05) is 48.7 Å². The SMILES string of the molecule is CC(C)CC(C(=O)N(C)C#N)c1cccc(-c2ccc3[nH]c(C(N)=O)cc3c2)c1. The Morgan fingerprint density at radius 2 is 1.86 bits per heavy atom. The number of fused-ring (bicyclic) bond motifs is 1. The quantitative estimate of drug-likeness (QED) is 0.493. The zero-order valence-electron chi connectivity index (χ0n) is 16.8. The van der Waals surface area contributed by atoms with Crippen LogP contribution in [0.4, 0.5) is 0 Å². The van der Waals surface area contributed by atoms with E-state index in [1.54, 1.807) is 6.07 Å². The van der Waals surface area contributed by atoms with Crippen molar-refractivity contribution in [1.82, 2.24) is 9.88 Å². The summed E-state index contributed by atoms with van der Waals surface area (Å²) in [6.45, 7) is 4.12. The summed E-state index contributed by atoms with van der Waals surface area (Å²) in [6, 6.07) is 15.4. The second-order valence-corrected chi connectivity index (χ2v) is 7.65. The Labute approximate surface area is 169 Å². The predicted molar refractivity (Wildman–Crippen MR) is 113 cm³/mol. The zero-order chi connectivity index (χ0) is 21.1. The van der Waals surface area contributed by atoms with Crippen molar-refractivity contribution in [3.63, 3.8) is 0 Å².